The van der Waals surface area contributed by atoms with Gasteiger partial charge in [0, 0.05) is 3.57 Å². The van der Waals surface area contributed by atoms with E-state index >= 15 is 0 Å². The number of hydrogen-bond acceptors (Lipinski definition) is 2. The lowest BCUT2D eigenvalue weighted by molar-refractivity contribution is -0.137. The maximum absolute atomic E-state index is 10.6. The van der Waals surface area contributed by atoms with Crippen molar-refractivity contribution in [2.45, 2.75) is 13.0 Å². The molecule has 1 aromatic rings. The molecule has 0 saturated carbocycles. The summed E-state index contributed by atoms with van der Waals surface area (Å²) in [4.78, 5) is 10.6. The van der Waals surface area contributed by atoms with Crippen molar-refractivity contribution in [2.24, 2.45) is 0 Å². The van der Waals surface area contributed by atoms with Gasteiger partial charge < -0.3 is 10.4 Å². The van der Waals surface area contributed by atoms with Crippen LogP contribution in [0.2, 0.25) is 5.02 Å². The van der Waals surface area contributed by atoms with Crippen molar-refractivity contribution in [3.63, 3.8) is 0 Å². The zero-order valence-electron chi connectivity index (χ0n) is 7.42. The number of aliphatic carboxylic acids is 1. The first-order chi connectivity index (χ1) is 6.50. The summed E-state index contributed by atoms with van der Waals surface area (Å²) in [7, 11) is 0. The molecule has 2 N–H and O–H groups in total. The first-order valence-electron chi connectivity index (χ1n) is 3.95. The Kier molecular flexibility index (Phi) is 4.00. The summed E-state index contributed by atoms with van der Waals surface area (Å²) in [6, 6.07) is 4.76. The molecule has 1 unspecified atom stereocenters. The number of carboxylic acid groups (broad SMARTS) is 1. The van der Waals surface area contributed by atoms with Crippen LogP contribution in [0.1, 0.15) is 6.92 Å². The van der Waals surface area contributed by atoms with Crippen molar-refractivity contribution in [2.75, 3.05) is 5.32 Å². The SMILES string of the molecule is CC(Nc1cc(I)ccc1Cl)C(=O)O. The molecule has 1 atom stereocenters. The minimum absolute atomic E-state index is 0.526. The van der Waals surface area contributed by atoms with E-state index in [4.69, 9.17) is 16.7 Å². The van der Waals surface area contributed by atoms with E-state index in [2.05, 4.69) is 27.9 Å². The molecule has 0 spiro atoms. The molecule has 5 heteroatoms. The second-order valence-electron chi connectivity index (χ2n) is 2.83. The molecule has 1 aromatic carbocycles. The highest BCUT2D eigenvalue weighted by Gasteiger charge is 2.11. The highest BCUT2D eigenvalue weighted by Crippen LogP contribution is 2.24. The number of nitrogens with one attached hydrogen (secondary N) is 1. The number of hydrogen-bond donors (Lipinski definition) is 2. The van der Waals surface area contributed by atoms with Gasteiger partial charge in [-0.25, -0.2) is 0 Å². The molecule has 0 aliphatic rings. The van der Waals surface area contributed by atoms with E-state index in [1.54, 1.807) is 13.0 Å². The molecule has 14 heavy (non-hydrogen) atoms. The van der Waals surface area contributed by atoms with Crippen LogP contribution in [0, 0.1) is 3.57 Å². The van der Waals surface area contributed by atoms with Crippen molar-refractivity contribution in [3.8, 4) is 0 Å². The lowest BCUT2D eigenvalue weighted by Gasteiger charge is -2.12. The third-order valence-electron chi connectivity index (χ3n) is 1.67. The maximum atomic E-state index is 10.6. The van der Waals surface area contributed by atoms with Gasteiger partial charge in [-0.3, -0.25) is 4.79 Å². The van der Waals surface area contributed by atoms with Gasteiger partial charge >= 0.3 is 5.97 Å². The summed E-state index contributed by atoms with van der Waals surface area (Å²) in [5, 5.41) is 12.0. The van der Waals surface area contributed by atoms with Crippen molar-refractivity contribution in [1.29, 1.82) is 0 Å². The Balaban J connectivity index is 2.85. The van der Waals surface area contributed by atoms with Crippen LogP contribution in [-0.2, 0) is 4.79 Å². The molecule has 0 bridgehead atoms. The molecule has 0 radical (unpaired) electrons. The number of carbonyl (C=O) groups is 1. The van der Waals surface area contributed by atoms with Crippen LogP contribution in [0.3, 0.4) is 0 Å². The molecule has 0 saturated heterocycles. The standard InChI is InChI=1S/C9H9ClINO2/c1-5(9(13)14)12-8-4-6(11)2-3-7(8)10/h2-5,12H,1H3,(H,13,14). The fourth-order valence-electron chi connectivity index (χ4n) is 0.903. The number of anilines is 1. The monoisotopic (exact) mass is 325 g/mol. The lowest BCUT2D eigenvalue weighted by Crippen LogP contribution is -2.25. The molecule has 3 nitrogen and oxygen atoms in total. The van der Waals surface area contributed by atoms with E-state index in [1.165, 1.54) is 0 Å². The summed E-state index contributed by atoms with van der Waals surface area (Å²) >= 11 is 8.03. The Morgan fingerprint density at radius 1 is 1.64 bits per heavy atom. The smallest absolute Gasteiger partial charge is 0.325 e. The summed E-state index contributed by atoms with van der Waals surface area (Å²) in [6.07, 6.45) is 0. The lowest BCUT2D eigenvalue weighted by atomic mass is 10.2. The molecule has 0 fully saturated rings. The highest BCUT2D eigenvalue weighted by molar-refractivity contribution is 14.1. The fourth-order valence-corrected chi connectivity index (χ4v) is 1.57. The van der Waals surface area contributed by atoms with E-state index < -0.39 is 12.0 Å². The minimum atomic E-state index is -0.903. The Morgan fingerprint density at radius 3 is 2.86 bits per heavy atom. The molecule has 76 valence electrons. The first-order valence-corrected chi connectivity index (χ1v) is 5.41. The van der Waals surface area contributed by atoms with Crippen LogP contribution in [0.5, 0.6) is 0 Å². The molecule has 0 amide bonds. The maximum Gasteiger partial charge on any atom is 0.325 e. The number of carboxylic acids is 1. The molecule has 0 aromatic heterocycles. The Morgan fingerprint density at radius 2 is 2.29 bits per heavy atom. The topological polar surface area (TPSA) is 49.3 Å². The molecule has 0 aliphatic carbocycles. The predicted octanol–water partition coefficient (Wildman–Crippen LogP) is 2.83. The third kappa shape index (κ3) is 3.02. The van der Waals surface area contributed by atoms with Gasteiger partial charge in [0.2, 0.25) is 0 Å². The first kappa shape index (κ1) is 11.6. The van der Waals surface area contributed by atoms with Crippen molar-refractivity contribution in [3.05, 3.63) is 26.8 Å². The van der Waals surface area contributed by atoms with Crippen LogP contribution in [0.4, 0.5) is 5.69 Å². The molecule has 1 rings (SSSR count). The van der Waals surface area contributed by atoms with E-state index in [0.717, 1.165) is 3.57 Å². The largest absolute Gasteiger partial charge is 0.480 e. The number of rotatable bonds is 3. The highest BCUT2D eigenvalue weighted by atomic mass is 127. The summed E-state index contributed by atoms with van der Waals surface area (Å²) in [6.45, 7) is 1.57. The van der Waals surface area contributed by atoms with E-state index in [-0.39, 0.29) is 0 Å². The van der Waals surface area contributed by atoms with Gasteiger partial charge in [-0.15, -0.1) is 0 Å². The quantitative estimate of drug-likeness (QED) is 0.840. The average molecular weight is 326 g/mol. The van der Waals surface area contributed by atoms with Crippen LogP contribution >= 0.6 is 34.2 Å². The zero-order valence-corrected chi connectivity index (χ0v) is 10.3. The van der Waals surface area contributed by atoms with E-state index in [0.29, 0.717) is 10.7 Å². The van der Waals surface area contributed by atoms with Gasteiger partial charge in [0.25, 0.3) is 0 Å². The van der Waals surface area contributed by atoms with Gasteiger partial charge in [-0.05, 0) is 47.7 Å². The molecule has 0 aliphatic heterocycles. The summed E-state index contributed by atoms with van der Waals surface area (Å²) in [5.74, 6) is -0.903. The second-order valence-corrected chi connectivity index (χ2v) is 4.48. The van der Waals surface area contributed by atoms with Crippen molar-refractivity contribution >= 4 is 45.8 Å². The van der Waals surface area contributed by atoms with Crippen LogP contribution in [0.15, 0.2) is 18.2 Å². The van der Waals surface area contributed by atoms with Gasteiger partial charge in [0.1, 0.15) is 6.04 Å². The zero-order chi connectivity index (χ0) is 10.7. The predicted molar refractivity (Wildman–Crippen MR) is 64.9 cm³/mol. The Hall–Kier alpha value is -0.490. The van der Waals surface area contributed by atoms with E-state index in [1.807, 2.05) is 12.1 Å². The Labute approximate surface area is 101 Å². The fraction of sp³-hybridized carbons (Fsp3) is 0.222. The van der Waals surface area contributed by atoms with Crippen LogP contribution in [-0.4, -0.2) is 17.1 Å². The third-order valence-corrected chi connectivity index (χ3v) is 2.67. The molecular formula is C9H9ClINO2. The number of benzene rings is 1. The number of halogens is 2. The Bertz CT molecular complexity index is 357. The van der Waals surface area contributed by atoms with Gasteiger partial charge in [0.05, 0.1) is 10.7 Å². The van der Waals surface area contributed by atoms with Crippen molar-refractivity contribution in [1.82, 2.24) is 0 Å². The second kappa shape index (κ2) is 4.84. The van der Waals surface area contributed by atoms with Crippen LogP contribution in [0.25, 0.3) is 0 Å². The summed E-state index contributed by atoms with van der Waals surface area (Å²) < 4.78 is 1.01. The minimum Gasteiger partial charge on any atom is -0.480 e. The average Bonchev–Trinajstić information content (AvgIpc) is 2.11. The normalized spacial score (nSPS) is 12.2. The van der Waals surface area contributed by atoms with Crippen molar-refractivity contribution < 1.29 is 9.90 Å². The van der Waals surface area contributed by atoms with Gasteiger partial charge in [-0.2, -0.15) is 0 Å². The summed E-state index contributed by atoms with van der Waals surface area (Å²) in [5.41, 5.74) is 0.647. The van der Waals surface area contributed by atoms with Gasteiger partial charge in [0.15, 0.2) is 0 Å². The molecule has 0 heterocycles. The van der Waals surface area contributed by atoms with E-state index in [9.17, 15) is 4.79 Å². The van der Waals surface area contributed by atoms with Gasteiger partial charge in [-0.1, -0.05) is 11.6 Å². The van der Waals surface area contributed by atoms with Crippen LogP contribution < -0.4 is 5.32 Å². The molecular weight excluding hydrogens is 316 g/mol.